The number of amides is 1. The molecule has 1 aliphatic rings. The van der Waals surface area contributed by atoms with Gasteiger partial charge in [-0.1, -0.05) is 35.5 Å². The zero-order valence-electron chi connectivity index (χ0n) is 15.4. The van der Waals surface area contributed by atoms with Crippen molar-refractivity contribution >= 4 is 29.3 Å². The minimum absolute atomic E-state index is 0.1000. The normalized spacial score (nSPS) is 15.5. The van der Waals surface area contributed by atoms with E-state index < -0.39 is 0 Å². The molecule has 0 radical (unpaired) electrons. The van der Waals surface area contributed by atoms with Crippen molar-refractivity contribution in [3.63, 3.8) is 0 Å². The van der Waals surface area contributed by atoms with Gasteiger partial charge in [0.15, 0.2) is 10.9 Å². The third-order valence-corrected chi connectivity index (χ3v) is 5.50. The number of aromatic nitrogens is 2. The summed E-state index contributed by atoms with van der Waals surface area (Å²) in [7, 11) is 1.65. The predicted octanol–water partition coefficient (Wildman–Crippen LogP) is 3.43. The number of benzene rings is 1. The van der Waals surface area contributed by atoms with E-state index in [0.717, 1.165) is 24.4 Å². The van der Waals surface area contributed by atoms with E-state index in [9.17, 15) is 4.79 Å². The topological polar surface area (TPSA) is 67.3 Å². The van der Waals surface area contributed by atoms with Gasteiger partial charge in [0.2, 0.25) is 0 Å². The highest BCUT2D eigenvalue weighted by Crippen LogP contribution is 2.26. The zero-order valence-corrected chi connectivity index (χ0v) is 17.0. The van der Waals surface area contributed by atoms with Crippen molar-refractivity contribution in [3.05, 3.63) is 46.7 Å². The molecule has 1 atom stereocenters. The number of thioether (sulfide) groups is 1. The summed E-state index contributed by atoms with van der Waals surface area (Å²) in [5, 5.41) is 3.78. The minimum Gasteiger partial charge on any atom is -0.497 e. The average Bonchev–Trinajstić information content (AvgIpc) is 3.23. The molecule has 0 bridgehead atoms. The highest BCUT2D eigenvalue weighted by molar-refractivity contribution is 7.98. The summed E-state index contributed by atoms with van der Waals surface area (Å²) in [6.45, 7) is 2.54. The quantitative estimate of drug-likeness (QED) is 0.561. The van der Waals surface area contributed by atoms with Crippen LogP contribution in [0.4, 0.5) is 0 Å². The second-order valence-corrected chi connectivity index (χ2v) is 7.48. The number of nitrogens with one attached hydrogen (secondary N) is 1. The molecule has 8 heteroatoms. The molecular weight excluding hydrogens is 384 g/mol. The Morgan fingerprint density at radius 2 is 2.04 bits per heavy atom. The number of carbonyl (C=O) groups is 1. The number of ether oxygens (including phenoxy) is 1. The lowest BCUT2D eigenvalue weighted by Crippen LogP contribution is -2.37. The maximum atomic E-state index is 12.7. The van der Waals surface area contributed by atoms with Crippen LogP contribution in [-0.4, -0.2) is 53.8 Å². The van der Waals surface area contributed by atoms with Gasteiger partial charge in [-0.2, -0.15) is 0 Å². The van der Waals surface area contributed by atoms with E-state index in [4.69, 9.17) is 16.3 Å². The lowest BCUT2D eigenvalue weighted by Gasteiger charge is -2.28. The fourth-order valence-electron chi connectivity index (χ4n) is 3.22. The van der Waals surface area contributed by atoms with Crippen LogP contribution < -0.4 is 10.1 Å². The molecule has 1 N–H and O–H groups in total. The molecule has 0 saturated carbocycles. The number of rotatable bonds is 7. The van der Waals surface area contributed by atoms with Gasteiger partial charge in [0, 0.05) is 6.54 Å². The van der Waals surface area contributed by atoms with E-state index >= 15 is 0 Å². The van der Waals surface area contributed by atoms with Crippen molar-refractivity contribution in [1.29, 1.82) is 0 Å². The minimum atomic E-state index is -0.282. The third kappa shape index (κ3) is 4.91. The third-order valence-electron chi connectivity index (χ3n) is 4.66. The molecule has 1 aromatic heterocycles. The van der Waals surface area contributed by atoms with Crippen LogP contribution in [0.25, 0.3) is 0 Å². The number of carbonyl (C=O) groups excluding carboxylic acids is 1. The molecule has 0 unspecified atom stereocenters. The highest BCUT2D eigenvalue weighted by Gasteiger charge is 2.25. The van der Waals surface area contributed by atoms with Crippen LogP contribution in [0, 0.1) is 0 Å². The lowest BCUT2D eigenvalue weighted by molar-refractivity contribution is 0.0932. The Labute approximate surface area is 168 Å². The van der Waals surface area contributed by atoms with Crippen molar-refractivity contribution in [1.82, 2.24) is 20.2 Å². The van der Waals surface area contributed by atoms with Gasteiger partial charge in [0.25, 0.3) is 5.91 Å². The summed E-state index contributed by atoms with van der Waals surface area (Å²) >= 11 is 7.49. The summed E-state index contributed by atoms with van der Waals surface area (Å²) in [5.74, 6) is 0.538. The molecule has 1 fully saturated rings. The van der Waals surface area contributed by atoms with Crippen molar-refractivity contribution in [2.45, 2.75) is 24.0 Å². The number of nitrogens with zero attached hydrogens (tertiary/aromatic N) is 3. The number of methoxy groups -OCH3 is 1. The molecule has 0 spiro atoms. The van der Waals surface area contributed by atoms with Crippen LogP contribution in [-0.2, 0) is 0 Å². The molecule has 144 valence electrons. The second kappa shape index (κ2) is 9.39. The first-order valence-corrected chi connectivity index (χ1v) is 10.5. The lowest BCUT2D eigenvalue weighted by atomic mass is 10.1. The maximum absolute atomic E-state index is 12.7. The smallest absolute Gasteiger partial charge is 0.271 e. The van der Waals surface area contributed by atoms with E-state index in [-0.39, 0.29) is 22.7 Å². The SMILES string of the molecule is COc1ccc([C@H](CNC(=O)c2nc(SC)ncc2Cl)N2CCCC2)cc1. The Hall–Kier alpha value is -1.83. The Morgan fingerprint density at radius 1 is 1.33 bits per heavy atom. The molecular formula is C19H23ClN4O2S. The summed E-state index contributed by atoms with van der Waals surface area (Å²) in [5.41, 5.74) is 1.36. The second-order valence-electron chi connectivity index (χ2n) is 6.30. The van der Waals surface area contributed by atoms with Gasteiger partial charge in [-0.05, 0) is 49.9 Å². The summed E-state index contributed by atoms with van der Waals surface area (Å²) < 4.78 is 5.25. The molecule has 3 rings (SSSR count). The predicted molar refractivity (Wildman–Crippen MR) is 108 cm³/mol. The number of likely N-dealkylation sites (tertiary alicyclic amines) is 1. The van der Waals surface area contributed by atoms with E-state index in [1.54, 1.807) is 7.11 Å². The van der Waals surface area contributed by atoms with Gasteiger partial charge in [0.05, 0.1) is 24.4 Å². The first-order chi connectivity index (χ1) is 13.1. The van der Waals surface area contributed by atoms with Crippen LogP contribution in [0.3, 0.4) is 0 Å². The van der Waals surface area contributed by atoms with Crippen LogP contribution in [0.2, 0.25) is 5.02 Å². The molecule has 1 amide bonds. The molecule has 6 nitrogen and oxygen atoms in total. The van der Waals surface area contributed by atoms with Gasteiger partial charge >= 0.3 is 0 Å². The largest absolute Gasteiger partial charge is 0.497 e. The monoisotopic (exact) mass is 406 g/mol. The summed E-state index contributed by atoms with van der Waals surface area (Å²) in [4.78, 5) is 23.4. The number of hydrogen-bond acceptors (Lipinski definition) is 6. The Morgan fingerprint density at radius 3 is 2.67 bits per heavy atom. The molecule has 27 heavy (non-hydrogen) atoms. The molecule has 1 saturated heterocycles. The van der Waals surface area contributed by atoms with Crippen molar-refractivity contribution in [3.8, 4) is 5.75 Å². The Kier molecular flexibility index (Phi) is 6.93. The first-order valence-electron chi connectivity index (χ1n) is 8.85. The van der Waals surface area contributed by atoms with Crippen LogP contribution in [0.15, 0.2) is 35.6 Å². The van der Waals surface area contributed by atoms with E-state index in [2.05, 4.69) is 32.3 Å². The molecule has 1 aromatic carbocycles. The van der Waals surface area contributed by atoms with Crippen LogP contribution in [0.5, 0.6) is 5.75 Å². The van der Waals surface area contributed by atoms with E-state index in [0.29, 0.717) is 11.7 Å². The van der Waals surface area contributed by atoms with Gasteiger partial charge in [-0.25, -0.2) is 9.97 Å². The molecule has 1 aliphatic heterocycles. The van der Waals surface area contributed by atoms with Crippen LogP contribution >= 0.6 is 23.4 Å². The van der Waals surface area contributed by atoms with E-state index in [1.807, 2.05) is 18.4 Å². The molecule has 2 heterocycles. The maximum Gasteiger partial charge on any atom is 0.271 e. The van der Waals surface area contributed by atoms with Crippen LogP contribution in [0.1, 0.15) is 34.9 Å². The Balaban J connectivity index is 1.75. The average molecular weight is 407 g/mol. The standard InChI is InChI=1S/C19H23ClN4O2S/c1-26-14-7-5-13(6-8-14)16(24-9-3-4-10-24)12-21-18(25)17-15(20)11-22-19(23-17)27-2/h5-8,11,16H,3-4,9-10,12H2,1-2H3,(H,21,25)/t16-/m0/s1. The van der Waals surface area contributed by atoms with Crippen molar-refractivity contribution < 1.29 is 9.53 Å². The van der Waals surface area contributed by atoms with Gasteiger partial charge in [0.1, 0.15) is 5.75 Å². The fraction of sp³-hybridized carbons (Fsp3) is 0.421. The van der Waals surface area contributed by atoms with E-state index in [1.165, 1.54) is 30.8 Å². The highest BCUT2D eigenvalue weighted by atomic mass is 35.5. The van der Waals surface area contributed by atoms with Crippen molar-refractivity contribution in [2.75, 3.05) is 33.0 Å². The van der Waals surface area contributed by atoms with Gasteiger partial charge in [-0.15, -0.1) is 0 Å². The number of halogens is 1. The summed E-state index contributed by atoms with van der Waals surface area (Å²) in [6.07, 6.45) is 5.68. The fourth-order valence-corrected chi connectivity index (χ4v) is 3.74. The zero-order chi connectivity index (χ0) is 19.2. The Bertz CT molecular complexity index is 782. The molecule has 0 aliphatic carbocycles. The molecule has 2 aromatic rings. The van der Waals surface area contributed by atoms with Gasteiger partial charge in [-0.3, -0.25) is 9.69 Å². The first kappa shape index (κ1) is 19.9. The number of hydrogen-bond donors (Lipinski definition) is 1. The van der Waals surface area contributed by atoms with Gasteiger partial charge < -0.3 is 10.1 Å². The van der Waals surface area contributed by atoms with Crippen molar-refractivity contribution in [2.24, 2.45) is 0 Å². The summed E-state index contributed by atoms with van der Waals surface area (Å²) in [6, 6.07) is 8.11.